The van der Waals surface area contributed by atoms with Crippen LogP contribution in [0.25, 0.3) is 0 Å². The molecule has 16 heavy (non-hydrogen) atoms. The van der Waals surface area contributed by atoms with Gasteiger partial charge in [-0.1, -0.05) is 0 Å². The molecule has 1 aromatic carbocycles. The summed E-state index contributed by atoms with van der Waals surface area (Å²) in [6.07, 6.45) is 0. The molecule has 0 aliphatic rings. The zero-order valence-electron chi connectivity index (χ0n) is 10.1. The van der Waals surface area contributed by atoms with Crippen molar-refractivity contribution in [3.63, 3.8) is 0 Å². The molecule has 0 radical (unpaired) electrons. The van der Waals surface area contributed by atoms with Gasteiger partial charge in [0, 0.05) is 18.8 Å². The molecule has 86 valence electrons. The van der Waals surface area contributed by atoms with Gasteiger partial charge in [-0.15, -0.1) is 0 Å². The molecular weight excluding hydrogens is 204 g/mol. The molecule has 0 bridgehead atoms. The van der Waals surface area contributed by atoms with Gasteiger partial charge in [0.1, 0.15) is 6.54 Å². The van der Waals surface area contributed by atoms with E-state index in [0.717, 1.165) is 11.3 Å². The highest BCUT2D eigenvalue weighted by Gasteiger charge is 2.11. The molecule has 0 unspecified atom stereocenters. The summed E-state index contributed by atoms with van der Waals surface area (Å²) in [5, 5.41) is 8.67. The molecule has 0 amide bonds. The van der Waals surface area contributed by atoms with Crippen molar-refractivity contribution in [1.82, 2.24) is 0 Å². The summed E-state index contributed by atoms with van der Waals surface area (Å²) in [6.45, 7) is 2.32. The Kier molecular flexibility index (Phi) is 4.01. The minimum absolute atomic E-state index is 0.344. The van der Waals surface area contributed by atoms with E-state index in [1.165, 1.54) is 0 Å². The van der Waals surface area contributed by atoms with Gasteiger partial charge in [-0.2, -0.15) is 5.26 Å². The lowest BCUT2D eigenvalue weighted by molar-refractivity contribution is 0.355. The summed E-state index contributed by atoms with van der Waals surface area (Å²) in [5.74, 6) is 1.38. The van der Waals surface area contributed by atoms with Gasteiger partial charge in [-0.25, -0.2) is 0 Å². The van der Waals surface area contributed by atoms with E-state index in [0.29, 0.717) is 18.0 Å². The van der Waals surface area contributed by atoms with Crippen LogP contribution >= 0.6 is 0 Å². The van der Waals surface area contributed by atoms with E-state index in [9.17, 15) is 0 Å². The molecule has 0 atom stereocenters. The van der Waals surface area contributed by atoms with Crippen molar-refractivity contribution in [3.05, 3.63) is 17.7 Å². The third-order valence-corrected chi connectivity index (χ3v) is 2.42. The first-order valence-electron chi connectivity index (χ1n) is 4.94. The third-order valence-electron chi connectivity index (χ3n) is 2.42. The second kappa shape index (κ2) is 5.26. The van der Waals surface area contributed by atoms with Crippen LogP contribution < -0.4 is 14.4 Å². The molecule has 4 heteroatoms. The number of methoxy groups -OCH3 is 2. The molecule has 0 aromatic heterocycles. The van der Waals surface area contributed by atoms with Crippen LogP contribution in [0.2, 0.25) is 0 Å². The summed E-state index contributed by atoms with van der Waals surface area (Å²) >= 11 is 0. The van der Waals surface area contributed by atoms with Crippen LogP contribution in [-0.4, -0.2) is 27.8 Å². The van der Waals surface area contributed by atoms with Crippen LogP contribution in [0, 0.1) is 18.3 Å². The Hall–Kier alpha value is -1.89. The molecule has 0 saturated heterocycles. The quantitative estimate of drug-likeness (QED) is 0.728. The molecule has 0 saturated carbocycles. The second-order valence-electron chi connectivity index (χ2n) is 3.51. The fraction of sp³-hybridized carbons (Fsp3) is 0.417. The fourth-order valence-corrected chi connectivity index (χ4v) is 1.57. The smallest absolute Gasteiger partial charge is 0.162 e. The third kappa shape index (κ3) is 2.37. The lowest BCUT2D eigenvalue weighted by atomic mass is 10.1. The van der Waals surface area contributed by atoms with Crippen molar-refractivity contribution in [2.75, 3.05) is 32.7 Å². The predicted octanol–water partition coefficient (Wildman–Crippen LogP) is 1.97. The van der Waals surface area contributed by atoms with Crippen LogP contribution in [0.5, 0.6) is 11.5 Å². The number of anilines is 1. The molecule has 1 rings (SSSR count). The van der Waals surface area contributed by atoms with Crippen LogP contribution in [0.1, 0.15) is 5.56 Å². The number of benzene rings is 1. The first-order chi connectivity index (χ1) is 7.63. The van der Waals surface area contributed by atoms with E-state index in [2.05, 4.69) is 6.07 Å². The van der Waals surface area contributed by atoms with Gasteiger partial charge in [-0.3, -0.25) is 0 Å². The number of rotatable bonds is 4. The fourth-order valence-electron chi connectivity index (χ4n) is 1.57. The highest BCUT2D eigenvalue weighted by Crippen LogP contribution is 2.34. The summed E-state index contributed by atoms with van der Waals surface area (Å²) in [7, 11) is 5.08. The van der Waals surface area contributed by atoms with Crippen molar-refractivity contribution >= 4 is 5.69 Å². The Balaban J connectivity index is 3.16. The summed E-state index contributed by atoms with van der Waals surface area (Å²) in [6, 6.07) is 5.90. The molecule has 0 aliphatic heterocycles. The second-order valence-corrected chi connectivity index (χ2v) is 3.51. The van der Waals surface area contributed by atoms with Crippen LogP contribution in [0.4, 0.5) is 5.69 Å². The number of hydrogen-bond acceptors (Lipinski definition) is 4. The average Bonchev–Trinajstić information content (AvgIpc) is 2.28. The van der Waals surface area contributed by atoms with E-state index < -0.39 is 0 Å². The Bertz CT molecular complexity index is 410. The van der Waals surface area contributed by atoms with Gasteiger partial charge >= 0.3 is 0 Å². The molecule has 0 N–H and O–H groups in total. The zero-order valence-corrected chi connectivity index (χ0v) is 10.1. The molecule has 0 aliphatic carbocycles. The maximum atomic E-state index is 8.67. The van der Waals surface area contributed by atoms with Crippen LogP contribution in [0.3, 0.4) is 0 Å². The summed E-state index contributed by atoms with van der Waals surface area (Å²) in [5.41, 5.74) is 2.02. The molecule has 0 spiro atoms. The Labute approximate surface area is 96.0 Å². The minimum atomic E-state index is 0.344. The van der Waals surface area contributed by atoms with Crippen LogP contribution in [-0.2, 0) is 0 Å². The van der Waals surface area contributed by atoms with Crippen molar-refractivity contribution < 1.29 is 9.47 Å². The molecule has 0 fully saturated rings. The van der Waals surface area contributed by atoms with Crippen molar-refractivity contribution in [2.45, 2.75) is 6.92 Å². The largest absolute Gasteiger partial charge is 0.493 e. The minimum Gasteiger partial charge on any atom is -0.493 e. The maximum Gasteiger partial charge on any atom is 0.162 e. The van der Waals surface area contributed by atoms with E-state index in [1.807, 2.05) is 31.0 Å². The van der Waals surface area contributed by atoms with E-state index in [-0.39, 0.29) is 0 Å². The molecule has 4 nitrogen and oxygen atoms in total. The number of aryl methyl sites for hydroxylation is 1. The van der Waals surface area contributed by atoms with Gasteiger partial charge in [0.15, 0.2) is 11.5 Å². The van der Waals surface area contributed by atoms with Crippen molar-refractivity contribution in [1.29, 1.82) is 5.26 Å². The number of hydrogen-bond donors (Lipinski definition) is 0. The Morgan fingerprint density at radius 2 is 1.81 bits per heavy atom. The van der Waals surface area contributed by atoms with Gasteiger partial charge in [-0.05, 0) is 18.6 Å². The first kappa shape index (κ1) is 12.2. The summed E-state index contributed by atoms with van der Waals surface area (Å²) in [4.78, 5) is 1.87. The standard InChI is InChI=1S/C12H16N2O2/c1-9-7-11(15-3)12(16-4)8-10(9)14(2)6-5-13/h7-8H,6H2,1-4H3. The normalized spacial score (nSPS) is 9.44. The van der Waals surface area contributed by atoms with Crippen LogP contribution in [0.15, 0.2) is 12.1 Å². The zero-order chi connectivity index (χ0) is 12.1. The monoisotopic (exact) mass is 220 g/mol. The van der Waals surface area contributed by atoms with E-state index in [1.54, 1.807) is 14.2 Å². The van der Waals surface area contributed by atoms with Crippen molar-refractivity contribution in [2.24, 2.45) is 0 Å². The predicted molar refractivity (Wildman–Crippen MR) is 63.2 cm³/mol. The van der Waals surface area contributed by atoms with E-state index in [4.69, 9.17) is 14.7 Å². The molecular formula is C12H16N2O2. The Morgan fingerprint density at radius 1 is 1.25 bits per heavy atom. The molecule has 1 aromatic rings. The average molecular weight is 220 g/mol. The summed E-state index contributed by atoms with van der Waals surface area (Å²) < 4.78 is 10.4. The van der Waals surface area contributed by atoms with Gasteiger partial charge in [0.25, 0.3) is 0 Å². The van der Waals surface area contributed by atoms with E-state index >= 15 is 0 Å². The lowest BCUT2D eigenvalue weighted by Gasteiger charge is -2.20. The number of ether oxygens (including phenoxy) is 2. The highest BCUT2D eigenvalue weighted by molar-refractivity contribution is 5.61. The topological polar surface area (TPSA) is 45.5 Å². The lowest BCUT2D eigenvalue weighted by Crippen LogP contribution is -2.18. The van der Waals surface area contributed by atoms with Gasteiger partial charge in [0.2, 0.25) is 0 Å². The Morgan fingerprint density at radius 3 is 2.31 bits per heavy atom. The SMILES string of the molecule is COc1cc(C)c(N(C)CC#N)cc1OC. The van der Waals surface area contributed by atoms with Gasteiger partial charge in [0.05, 0.1) is 20.3 Å². The number of nitriles is 1. The highest BCUT2D eigenvalue weighted by atomic mass is 16.5. The number of nitrogens with zero attached hydrogens (tertiary/aromatic N) is 2. The van der Waals surface area contributed by atoms with Crippen molar-refractivity contribution in [3.8, 4) is 17.6 Å². The maximum absolute atomic E-state index is 8.67. The molecule has 0 heterocycles. The van der Waals surface area contributed by atoms with Gasteiger partial charge < -0.3 is 14.4 Å². The first-order valence-corrected chi connectivity index (χ1v) is 4.94.